The molecule has 0 atom stereocenters. The van der Waals surface area contributed by atoms with Crippen LogP contribution in [0.5, 0.6) is 17.2 Å². The van der Waals surface area contributed by atoms with Gasteiger partial charge in [0.05, 0.1) is 34.0 Å². The number of carbonyl (C=O) groups excluding carboxylic acids is 1. The van der Waals surface area contributed by atoms with Crippen molar-refractivity contribution in [3.05, 3.63) is 23.3 Å². The van der Waals surface area contributed by atoms with Gasteiger partial charge in [0.25, 0.3) is 0 Å². The summed E-state index contributed by atoms with van der Waals surface area (Å²) in [4.78, 5) is 12.3. The Morgan fingerprint density at radius 2 is 1.31 bits per heavy atom. The molecular weight excluding hydrogens is 368 g/mol. The van der Waals surface area contributed by atoms with Crippen LogP contribution in [0, 0.1) is 0 Å². The minimum absolute atomic E-state index is 0.315. The van der Waals surface area contributed by atoms with Gasteiger partial charge in [0, 0.05) is 17.7 Å². The lowest BCUT2D eigenvalue weighted by molar-refractivity contribution is -0.136. The van der Waals surface area contributed by atoms with Crippen molar-refractivity contribution in [1.29, 1.82) is 0 Å². The number of esters is 1. The van der Waals surface area contributed by atoms with E-state index in [1.54, 1.807) is 33.5 Å². The zero-order valence-electron chi connectivity index (χ0n) is 18.8. The standard InChI is InChI=1S/C24H38O5/c1-6-7-8-9-10-11-12-13-14-15-19(24(25)29-5)16-21-22(27-3)17-20(26-2)18-23(21)28-4/h16-18H,6-15H2,1-5H3. The minimum atomic E-state index is -0.315. The lowest BCUT2D eigenvalue weighted by Gasteiger charge is -2.14. The van der Waals surface area contributed by atoms with Crippen LogP contribution in [0.4, 0.5) is 0 Å². The van der Waals surface area contributed by atoms with Crippen molar-refractivity contribution in [2.45, 2.75) is 71.1 Å². The van der Waals surface area contributed by atoms with Crippen LogP contribution in [-0.4, -0.2) is 34.4 Å². The van der Waals surface area contributed by atoms with E-state index in [0.717, 1.165) is 12.8 Å². The van der Waals surface area contributed by atoms with Gasteiger partial charge in [0.1, 0.15) is 17.2 Å². The lowest BCUT2D eigenvalue weighted by atomic mass is 10.0. The van der Waals surface area contributed by atoms with Crippen molar-refractivity contribution in [1.82, 2.24) is 0 Å². The summed E-state index contributed by atoms with van der Waals surface area (Å²) in [6.45, 7) is 2.24. The van der Waals surface area contributed by atoms with Gasteiger partial charge in [-0.1, -0.05) is 58.3 Å². The highest BCUT2D eigenvalue weighted by Crippen LogP contribution is 2.36. The fourth-order valence-corrected chi connectivity index (χ4v) is 3.34. The van der Waals surface area contributed by atoms with Crippen LogP contribution >= 0.6 is 0 Å². The molecule has 0 aromatic heterocycles. The summed E-state index contributed by atoms with van der Waals surface area (Å²) in [6.07, 6.45) is 13.6. The van der Waals surface area contributed by atoms with Crippen LogP contribution < -0.4 is 14.2 Å². The van der Waals surface area contributed by atoms with E-state index in [1.165, 1.54) is 52.1 Å². The van der Waals surface area contributed by atoms with Gasteiger partial charge in [0.2, 0.25) is 0 Å². The minimum Gasteiger partial charge on any atom is -0.496 e. The van der Waals surface area contributed by atoms with E-state index in [-0.39, 0.29) is 5.97 Å². The molecule has 0 radical (unpaired) electrons. The highest BCUT2D eigenvalue weighted by Gasteiger charge is 2.16. The highest BCUT2D eigenvalue weighted by molar-refractivity contribution is 5.94. The van der Waals surface area contributed by atoms with Crippen LogP contribution in [0.25, 0.3) is 6.08 Å². The second-order valence-electron chi connectivity index (χ2n) is 7.19. The molecule has 5 nitrogen and oxygen atoms in total. The average Bonchev–Trinajstić information content (AvgIpc) is 2.76. The molecule has 29 heavy (non-hydrogen) atoms. The van der Waals surface area contributed by atoms with E-state index in [1.807, 2.05) is 6.08 Å². The summed E-state index contributed by atoms with van der Waals surface area (Å²) in [6, 6.07) is 3.56. The van der Waals surface area contributed by atoms with Crippen LogP contribution in [0.2, 0.25) is 0 Å². The molecule has 0 aliphatic heterocycles. The molecule has 0 fully saturated rings. The summed E-state index contributed by atoms with van der Waals surface area (Å²) in [5, 5.41) is 0. The molecule has 0 aliphatic rings. The van der Waals surface area contributed by atoms with Crippen molar-refractivity contribution in [3.8, 4) is 17.2 Å². The van der Waals surface area contributed by atoms with Crippen LogP contribution in [0.1, 0.15) is 76.7 Å². The van der Waals surface area contributed by atoms with Gasteiger partial charge in [-0.05, 0) is 18.9 Å². The average molecular weight is 407 g/mol. The third-order valence-electron chi connectivity index (χ3n) is 5.07. The summed E-state index contributed by atoms with van der Waals surface area (Å²) < 4.78 is 21.3. The normalized spacial score (nSPS) is 11.3. The first-order chi connectivity index (χ1) is 14.1. The predicted octanol–water partition coefficient (Wildman–Crippen LogP) is 6.19. The fraction of sp³-hybridized carbons (Fsp3) is 0.625. The Bertz CT molecular complexity index is 611. The van der Waals surface area contributed by atoms with Gasteiger partial charge < -0.3 is 18.9 Å². The van der Waals surface area contributed by atoms with Crippen molar-refractivity contribution in [2.75, 3.05) is 28.4 Å². The summed E-state index contributed by atoms with van der Waals surface area (Å²) in [5.41, 5.74) is 1.34. The van der Waals surface area contributed by atoms with Gasteiger partial charge in [-0.3, -0.25) is 0 Å². The first-order valence-corrected chi connectivity index (χ1v) is 10.7. The highest BCUT2D eigenvalue weighted by atomic mass is 16.5. The van der Waals surface area contributed by atoms with Gasteiger partial charge in [-0.25, -0.2) is 4.79 Å². The first-order valence-electron chi connectivity index (χ1n) is 10.7. The molecule has 1 aromatic carbocycles. The smallest absolute Gasteiger partial charge is 0.333 e. The van der Waals surface area contributed by atoms with E-state index in [2.05, 4.69) is 6.92 Å². The SMILES string of the molecule is CCCCCCCCCCCC(=Cc1c(OC)cc(OC)cc1OC)C(=O)OC. The maximum atomic E-state index is 12.3. The van der Waals surface area contributed by atoms with Crippen molar-refractivity contribution >= 4 is 12.0 Å². The van der Waals surface area contributed by atoms with E-state index < -0.39 is 0 Å². The predicted molar refractivity (Wildman–Crippen MR) is 118 cm³/mol. The molecule has 0 saturated heterocycles. The molecule has 164 valence electrons. The van der Waals surface area contributed by atoms with Gasteiger partial charge in [-0.15, -0.1) is 0 Å². The Kier molecular flexibility index (Phi) is 12.7. The fourth-order valence-electron chi connectivity index (χ4n) is 3.34. The molecule has 0 bridgehead atoms. The number of hydrogen-bond acceptors (Lipinski definition) is 5. The van der Waals surface area contributed by atoms with Crippen molar-refractivity contribution in [3.63, 3.8) is 0 Å². The third-order valence-corrected chi connectivity index (χ3v) is 5.07. The monoisotopic (exact) mass is 406 g/mol. The summed E-state index contributed by atoms with van der Waals surface area (Å²) in [5.74, 6) is 1.50. The number of methoxy groups -OCH3 is 4. The second-order valence-corrected chi connectivity index (χ2v) is 7.19. The summed E-state index contributed by atoms with van der Waals surface area (Å²) in [7, 11) is 6.18. The Hall–Kier alpha value is -2.17. The number of rotatable bonds is 15. The van der Waals surface area contributed by atoms with E-state index in [0.29, 0.717) is 34.8 Å². The Morgan fingerprint density at radius 3 is 1.76 bits per heavy atom. The zero-order valence-corrected chi connectivity index (χ0v) is 18.8. The molecule has 1 aromatic rings. The number of benzene rings is 1. The van der Waals surface area contributed by atoms with Crippen molar-refractivity contribution < 1.29 is 23.7 Å². The molecule has 1 rings (SSSR count). The van der Waals surface area contributed by atoms with Crippen LogP contribution in [-0.2, 0) is 9.53 Å². The number of hydrogen-bond donors (Lipinski definition) is 0. The first kappa shape index (κ1) is 24.9. The van der Waals surface area contributed by atoms with E-state index >= 15 is 0 Å². The molecular formula is C24H38O5. The quantitative estimate of drug-likeness (QED) is 0.197. The van der Waals surface area contributed by atoms with E-state index in [4.69, 9.17) is 18.9 Å². The largest absolute Gasteiger partial charge is 0.496 e. The molecule has 5 heteroatoms. The Morgan fingerprint density at radius 1 is 0.793 bits per heavy atom. The van der Waals surface area contributed by atoms with Gasteiger partial charge in [0.15, 0.2) is 0 Å². The molecule has 0 aliphatic carbocycles. The third kappa shape index (κ3) is 8.80. The Balaban J connectivity index is 2.76. The zero-order chi connectivity index (χ0) is 21.5. The number of carbonyl (C=O) groups is 1. The van der Waals surface area contributed by atoms with E-state index in [9.17, 15) is 4.79 Å². The number of unbranched alkanes of at least 4 members (excludes halogenated alkanes) is 8. The van der Waals surface area contributed by atoms with Crippen LogP contribution in [0.15, 0.2) is 17.7 Å². The topological polar surface area (TPSA) is 54.0 Å². The van der Waals surface area contributed by atoms with Crippen LogP contribution in [0.3, 0.4) is 0 Å². The molecule has 0 amide bonds. The number of ether oxygens (including phenoxy) is 4. The van der Waals surface area contributed by atoms with Crippen molar-refractivity contribution in [2.24, 2.45) is 0 Å². The molecule has 0 saturated carbocycles. The second kappa shape index (κ2) is 14.8. The van der Waals surface area contributed by atoms with Gasteiger partial charge in [-0.2, -0.15) is 0 Å². The van der Waals surface area contributed by atoms with Gasteiger partial charge >= 0.3 is 5.97 Å². The lowest BCUT2D eigenvalue weighted by Crippen LogP contribution is -2.05. The Labute approximate surface area is 176 Å². The maximum Gasteiger partial charge on any atom is 0.333 e. The molecule has 0 spiro atoms. The summed E-state index contributed by atoms with van der Waals surface area (Å²) >= 11 is 0. The maximum absolute atomic E-state index is 12.3. The molecule has 0 unspecified atom stereocenters. The molecule has 0 N–H and O–H groups in total. The molecule has 0 heterocycles.